The van der Waals surface area contributed by atoms with Gasteiger partial charge in [-0.3, -0.25) is 0 Å². The van der Waals surface area contributed by atoms with Crippen molar-refractivity contribution in [3.63, 3.8) is 0 Å². The predicted molar refractivity (Wildman–Crippen MR) is 59.9 cm³/mol. The highest BCUT2D eigenvalue weighted by Gasteiger charge is 2.26. The molecule has 0 fully saturated rings. The van der Waals surface area contributed by atoms with E-state index in [2.05, 4.69) is 10.6 Å². The van der Waals surface area contributed by atoms with E-state index < -0.39 is 12.7 Å². The second kappa shape index (κ2) is 5.69. The molecular weight excluding hydrogens is 237 g/mol. The summed E-state index contributed by atoms with van der Waals surface area (Å²) in [6, 6.07) is 9.29. The Labute approximate surface area is 96.8 Å². The van der Waals surface area contributed by atoms with Gasteiger partial charge < -0.3 is 10.6 Å². The minimum Gasteiger partial charge on any atom is -0.359 e. The third kappa shape index (κ3) is 5.55. The second-order valence-electron chi connectivity index (χ2n) is 3.14. The van der Waals surface area contributed by atoms with E-state index in [0.717, 1.165) is 5.56 Å². The Kier molecular flexibility index (Phi) is 4.54. The van der Waals surface area contributed by atoms with Crippen LogP contribution in [0.2, 0.25) is 0 Å². The van der Waals surface area contributed by atoms with E-state index in [0.29, 0.717) is 6.54 Å². The topological polar surface area (TPSA) is 24.1 Å². The minimum absolute atomic E-state index is 0.00109. The van der Waals surface area contributed by atoms with Gasteiger partial charge in [0.15, 0.2) is 5.11 Å². The molecule has 0 unspecified atom stereocenters. The number of rotatable bonds is 3. The Balaban J connectivity index is 2.26. The van der Waals surface area contributed by atoms with Crippen LogP contribution in [0.5, 0.6) is 0 Å². The van der Waals surface area contributed by atoms with Gasteiger partial charge in [-0.15, -0.1) is 0 Å². The summed E-state index contributed by atoms with van der Waals surface area (Å²) in [4.78, 5) is 0. The highest BCUT2D eigenvalue weighted by atomic mass is 32.1. The second-order valence-corrected chi connectivity index (χ2v) is 3.55. The van der Waals surface area contributed by atoms with Crippen LogP contribution in [0.15, 0.2) is 30.3 Å². The lowest BCUT2D eigenvalue weighted by molar-refractivity contribution is -0.122. The van der Waals surface area contributed by atoms with E-state index in [4.69, 9.17) is 12.2 Å². The van der Waals surface area contributed by atoms with E-state index in [-0.39, 0.29) is 5.11 Å². The van der Waals surface area contributed by atoms with Crippen molar-refractivity contribution in [2.24, 2.45) is 0 Å². The zero-order valence-corrected chi connectivity index (χ0v) is 9.16. The molecule has 0 bridgehead atoms. The van der Waals surface area contributed by atoms with E-state index in [1.807, 2.05) is 30.3 Å². The molecule has 0 aromatic heterocycles. The van der Waals surface area contributed by atoms with Gasteiger partial charge in [0.2, 0.25) is 0 Å². The first-order chi connectivity index (χ1) is 7.47. The molecule has 0 amide bonds. The SMILES string of the molecule is FC(F)(F)CNC(=S)NCc1ccccc1. The van der Waals surface area contributed by atoms with Gasteiger partial charge in [-0.25, -0.2) is 0 Å². The van der Waals surface area contributed by atoms with Gasteiger partial charge in [0.05, 0.1) is 0 Å². The maximum Gasteiger partial charge on any atom is 0.405 e. The molecule has 0 radical (unpaired) electrons. The van der Waals surface area contributed by atoms with Crippen LogP contribution in [0, 0.1) is 0 Å². The summed E-state index contributed by atoms with van der Waals surface area (Å²) in [5, 5.41) is 4.78. The van der Waals surface area contributed by atoms with Crippen molar-refractivity contribution in [1.82, 2.24) is 10.6 Å². The highest BCUT2D eigenvalue weighted by Crippen LogP contribution is 2.11. The Morgan fingerprint density at radius 3 is 2.31 bits per heavy atom. The monoisotopic (exact) mass is 248 g/mol. The summed E-state index contributed by atoms with van der Waals surface area (Å²) < 4.78 is 35.5. The predicted octanol–water partition coefficient (Wildman–Crippen LogP) is 2.21. The van der Waals surface area contributed by atoms with Crippen LogP contribution < -0.4 is 10.6 Å². The number of nitrogens with one attached hydrogen (secondary N) is 2. The molecule has 1 aromatic carbocycles. The van der Waals surface area contributed by atoms with Crippen molar-refractivity contribution >= 4 is 17.3 Å². The lowest BCUT2D eigenvalue weighted by atomic mass is 10.2. The van der Waals surface area contributed by atoms with Crippen molar-refractivity contribution in [1.29, 1.82) is 0 Å². The van der Waals surface area contributed by atoms with Crippen LogP contribution in [0.4, 0.5) is 13.2 Å². The van der Waals surface area contributed by atoms with Crippen molar-refractivity contribution in [3.8, 4) is 0 Å². The molecule has 1 aromatic rings. The zero-order chi connectivity index (χ0) is 12.0. The first-order valence-corrected chi connectivity index (χ1v) is 5.00. The van der Waals surface area contributed by atoms with Crippen LogP contribution >= 0.6 is 12.2 Å². The Morgan fingerprint density at radius 2 is 1.75 bits per heavy atom. The fourth-order valence-electron chi connectivity index (χ4n) is 1.02. The van der Waals surface area contributed by atoms with Crippen molar-refractivity contribution in [2.75, 3.05) is 6.54 Å². The number of thiocarbonyl (C=S) groups is 1. The average Bonchev–Trinajstić information content (AvgIpc) is 2.24. The van der Waals surface area contributed by atoms with E-state index in [1.54, 1.807) is 0 Å². The summed E-state index contributed by atoms with van der Waals surface area (Å²) in [5.74, 6) is 0. The molecule has 0 aliphatic carbocycles. The third-order valence-corrected chi connectivity index (χ3v) is 2.03. The Morgan fingerprint density at radius 1 is 1.12 bits per heavy atom. The quantitative estimate of drug-likeness (QED) is 0.802. The molecule has 0 atom stereocenters. The van der Waals surface area contributed by atoms with Gasteiger partial charge in [-0.2, -0.15) is 13.2 Å². The first-order valence-electron chi connectivity index (χ1n) is 4.60. The third-order valence-electron chi connectivity index (χ3n) is 1.75. The fourth-order valence-corrected chi connectivity index (χ4v) is 1.17. The van der Waals surface area contributed by atoms with E-state index >= 15 is 0 Å². The summed E-state index contributed by atoms with van der Waals surface area (Å²) in [5.41, 5.74) is 0.957. The molecule has 0 spiro atoms. The zero-order valence-electron chi connectivity index (χ0n) is 8.34. The van der Waals surface area contributed by atoms with Crippen LogP contribution in [0.3, 0.4) is 0 Å². The largest absolute Gasteiger partial charge is 0.405 e. The van der Waals surface area contributed by atoms with Crippen molar-refractivity contribution < 1.29 is 13.2 Å². The van der Waals surface area contributed by atoms with Gasteiger partial charge in [0.1, 0.15) is 6.54 Å². The van der Waals surface area contributed by atoms with Crippen molar-refractivity contribution in [3.05, 3.63) is 35.9 Å². The molecule has 0 saturated heterocycles. The highest BCUT2D eigenvalue weighted by molar-refractivity contribution is 7.80. The molecule has 16 heavy (non-hydrogen) atoms. The standard InChI is InChI=1S/C10H11F3N2S/c11-10(12,13)7-15-9(16)14-6-8-4-2-1-3-5-8/h1-5H,6-7H2,(H2,14,15,16). The van der Waals surface area contributed by atoms with Gasteiger partial charge in [-0.05, 0) is 17.8 Å². The molecule has 0 heterocycles. The molecule has 88 valence electrons. The molecule has 2 N–H and O–H groups in total. The minimum atomic E-state index is -4.25. The number of hydrogen-bond acceptors (Lipinski definition) is 1. The van der Waals surface area contributed by atoms with E-state index in [9.17, 15) is 13.2 Å². The van der Waals surface area contributed by atoms with Crippen LogP contribution in [-0.2, 0) is 6.54 Å². The molecule has 6 heteroatoms. The Bertz CT molecular complexity index is 338. The maximum absolute atomic E-state index is 11.8. The van der Waals surface area contributed by atoms with Crippen LogP contribution in [0.25, 0.3) is 0 Å². The molecular formula is C10H11F3N2S. The van der Waals surface area contributed by atoms with Gasteiger partial charge in [-0.1, -0.05) is 30.3 Å². The average molecular weight is 248 g/mol. The van der Waals surface area contributed by atoms with Crippen LogP contribution in [-0.4, -0.2) is 17.8 Å². The van der Waals surface area contributed by atoms with Gasteiger partial charge in [0.25, 0.3) is 0 Å². The molecule has 0 aliphatic heterocycles. The molecule has 1 rings (SSSR count). The first kappa shape index (κ1) is 12.8. The summed E-state index contributed by atoms with van der Waals surface area (Å²) >= 11 is 4.70. The van der Waals surface area contributed by atoms with Gasteiger partial charge in [0, 0.05) is 6.54 Å². The molecule has 0 saturated carbocycles. The molecule has 2 nitrogen and oxygen atoms in total. The summed E-state index contributed by atoms with van der Waals surface area (Å²) in [7, 11) is 0. The lowest BCUT2D eigenvalue weighted by Crippen LogP contribution is -2.40. The number of alkyl halides is 3. The Hall–Kier alpha value is -1.30. The lowest BCUT2D eigenvalue weighted by Gasteiger charge is -2.12. The summed E-state index contributed by atoms with van der Waals surface area (Å²) in [6.07, 6.45) is -4.25. The van der Waals surface area contributed by atoms with Crippen molar-refractivity contribution in [2.45, 2.75) is 12.7 Å². The fraction of sp³-hybridized carbons (Fsp3) is 0.300. The normalized spacial score (nSPS) is 10.9. The number of benzene rings is 1. The number of hydrogen-bond donors (Lipinski definition) is 2. The van der Waals surface area contributed by atoms with Gasteiger partial charge >= 0.3 is 6.18 Å². The number of halogens is 3. The maximum atomic E-state index is 11.8. The van der Waals surface area contributed by atoms with Crippen LogP contribution in [0.1, 0.15) is 5.56 Å². The smallest absolute Gasteiger partial charge is 0.359 e. The summed E-state index contributed by atoms with van der Waals surface area (Å²) in [6.45, 7) is -0.710. The van der Waals surface area contributed by atoms with E-state index in [1.165, 1.54) is 0 Å². The molecule has 0 aliphatic rings.